The van der Waals surface area contributed by atoms with Crippen molar-refractivity contribution in [2.45, 2.75) is 12.8 Å². The first-order chi connectivity index (χ1) is 5.75. The molecule has 0 saturated heterocycles. The molecule has 0 unspecified atom stereocenters. The Morgan fingerprint density at radius 1 is 1.50 bits per heavy atom. The van der Waals surface area contributed by atoms with Gasteiger partial charge in [-0.05, 0) is 22.0 Å². The zero-order chi connectivity index (χ0) is 8.55. The van der Waals surface area contributed by atoms with Crippen molar-refractivity contribution in [3.05, 3.63) is 22.4 Å². The molecule has 1 aromatic heterocycles. The molecule has 0 fully saturated rings. The van der Waals surface area contributed by atoms with Crippen molar-refractivity contribution in [1.82, 2.24) is 4.98 Å². The number of carbonyl (C=O) groups is 1. The van der Waals surface area contributed by atoms with Crippen LogP contribution in [0.15, 0.2) is 16.7 Å². The largest absolute Gasteiger partial charge is 0.425 e. The number of nitrogens with zero attached hydrogens (tertiary/aromatic N) is 1. The van der Waals surface area contributed by atoms with Gasteiger partial charge >= 0.3 is 5.97 Å². The van der Waals surface area contributed by atoms with Crippen molar-refractivity contribution < 1.29 is 9.53 Å². The van der Waals surface area contributed by atoms with E-state index in [-0.39, 0.29) is 5.97 Å². The Labute approximate surface area is 77.9 Å². The molecule has 0 bridgehead atoms. The van der Waals surface area contributed by atoms with E-state index >= 15 is 0 Å². The van der Waals surface area contributed by atoms with Crippen LogP contribution in [0, 0.1) is 0 Å². The number of rotatable bonds is 0. The topological polar surface area (TPSA) is 39.2 Å². The Bertz CT molecular complexity index is 338. The van der Waals surface area contributed by atoms with E-state index in [2.05, 4.69) is 20.9 Å². The summed E-state index contributed by atoms with van der Waals surface area (Å²) in [4.78, 5) is 15.0. The van der Waals surface area contributed by atoms with Gasteiger partial charge in [0.1, 0.15) is 0 Å². The second-order valence-corrected chi connectivity index (χ2v) is 3.49. The lowest BCUT2D eigenvalue weighted by Gasteiger charge is -2.13. The number of carbonyl (C=O) groups excluding carboxylic acids is 1. The number of hydrogen-bond acceptors (Lipinski definition) is 3. The molecule has 62 valence electrons. The fraction of sp³-hybridized carbons (Fsp3) is 0.250. The van der Waals surface area contributed by atoms with Gasteiger partial charge in [-0.25, -0.2) is 0 Å². The molecule has 0 atom stereocenters. The summed E-state index contributed by atoms with van der Waals surface area (Å²) in [5.74, 6) is 0.406. The zero-order valence-corrected chi connectivity index (χ0v) is 7.80. The second kappa shape index (κ2) is 2.86. The Kier molecular flexibility index (Phi) is 1.84. The molecule has 1 aliphatic heterocycles. The molecule has 4 heteroatoms. The maximum atomic E-state index is 10.9. The summed E-state index contributed by atoms with van der Waals surface area (Å²) in [6, 6.07) is 1.76. The van der Waals surface area contributed by atoms with Crippen molar-refractivity contribution in [2.75, 3.05) is 0 Å². The highest BCUT2D eigenvalue weighted by Crippen LogP contribution is 2.25. The first-order valence-electron chi connectivity index (χ1n) is 3.61. The van der Waals surface area contributed by atoms with Gasteiger partial charge in [-0.1, -0.05) is 0 Å². The molecule has 0 spiro atoms. The molecule has 3 nitrogen and oxygen atoms in total. The number of hydrogen-bond donors (Lipinski definition) is 0. The zero-order valence-electron chi connectivity index (χ0n) is 6.21. The maximum Gasteiger partial charge on any atom is 0.311 e. The van der Waals surface area contributed by atoms with Crippen molar-refractivity contribution in [3.63, 3.8) is 0 Å². The van der Waals surface area contributed by atoms with Gasteiger partial charge in [-0.3, -0.25) is 9.78 Å². The molecule has 1 aromatic rings. The van der Waals surface area contributed by atoms with Gasteiger partial charge in [-0.15, -0.1) is 0 Å². The maximum absolute atomic E-state index is 10.9. The summed E-state index contributed by atoms with van der Waals surface area (Å²) < 4.78 is 5.81. The Hall–Kier alpha value is -0.900. The molecule has 0 N–H and O–H groups in total. The SMILES string of the molecule is O=C1CCc2ncc(Br)cc2O1. The summed E-state index contributed by atoms with van der Waals surface area (Å²) in [5.41, 5.74) is 0.859. The fourth-order valence-corrected chi connectivity index (χ4v) is 1.43. The molecule has 0 amide bonds. The molecule has 2 heterocycles. The smallest absolute Gasteiger partial charge is 0.311 e. The van der Waals surface area contributed by atoms with Crippen LogP contribution in [-0.4, -0.2) is 11.0 Å². The van der Waals surface area contributed by atoms with Gasteiger partial charge in [0.2, 0.25) is 0 Å². The quantitative estimate of drug-likeness (QED) is 0.634. The number of ether oxygens (including phenoxy) is 1. The van der Waals surface area contributed by atoms with E-state index in [0.717, 1.165) is 10.2 Å². The molecule has 1 aliphatic rings. The van der Waals surface area contributed by atoms with Gasteiger partial charge in [-0.2, -0.15) is 0 Å². The number of esters is 1. The number of halogens is 1. The number of fused-ring (bicyclic) bond motifs is 1. The lowest BCUT2D eigenvalue weighted by atomic mass is 10.1. The van der Waals surface area contributed by atoms with E-state index in [0.29, 0.717) is 18.6 Å². The minimum absolute atomic E-state index is 0.178. The lowest BCUT2D eigenvalue weighted by Crippen LogP contribution is -2.16. The highest BCUT2D eigenvalue weighted by molar-refractivity contribution is 9.10. The van der Waals surface area contributed by atoms with E-state index in [1.54, 1.807) is 12.3 Å². The predicted molar refractivity (Wildman–Crippen MR) is 45.9 cm³/mol. The van der Waals surface area contributed by atoms with Gasteiger partial charge in [0, 0.05) is 17.1 Å². The van der Waals surface area contributed by atoms with Crippen LogP contribution in [0.4, 0.5) is 0 Å². The first kappa shape index (κ1) is 7.73. The molecule has 12 heavy (non-hydrogen) atoms. The summed E-state index contributed by atoms with van der Waals surface area (Å²) in [5, 5.41) is 0. The van der Waals surface area contributed by atoms with Crippen LogP contribution < -0.4 is 4.74 Å². The van der Waals surface area contributed by atoms with E-state index in [9.17, 15) is 4.79 Å². The highest BCUT2D eigenvalue weighted by atomic mass is 79.9. The summed E-state index contributed by atoms with van der Waals surface area (Å²) in [6.07, 6.45) is 2.82. The fourth-order valence-electron chi connectivity index (χ4n) is 1.12. The average molecular weight is 228 g/mol. The molecule has 0 saturated carbocycles. The molecule has 0 aliphatic carbocycles. The number of pyridine rings is 1. The molecule has 2 rings (SSSR count). The Morgan fingerprint density at radius 3 is 3.17 bits per heavy atom. The standard InChI is InChI=1S/C8H6BrNO2/c9-5-3-7-6(10-4-5)1-2-8(11)12-7/h3-4H,1-2H2. The van der Waals surface area contributed by atoms with Crippen LogP contribution >= 0.6 is 15.9 Å². The van der Waals surface area contributed by atoms with E-state index < -0.39 is 0 Å². The lowest BCUT2D eigenvalue weighted by molar-refractivity contribution is -0.135. The molecular formula is C8H6BrNO2. The summed E-state index contributed by atoms with van der Waals surface area (Å²) in [7, 11) is 0. The minimum atomic E-state index is -0.178. The van der Waals surface area contributed by atoms with Crippen LogP contribution in [0.5, 0.6) is 5.75 Å². The highest BCUT2D eigenvalue weighted by Gasteiger charge is 2.17. The number of aryl methyl sites for hydroxylation is 1. The molecule has 0 aromatic carbocycles. The van der Waals surface area contributed by atoms with Crippen molar-refractivity contribution in [2.24, 2.45) is 0 Å². The van der Waals surface area contributed by atoms with Crippen LogP contribution in [0.1, 0.15) is 12.1 Å². The minimum Gasteiger partial charge on any atom is -0.425 e. The van der Waals surface area contributed by atoms with E-state index in [1.165, 1.54) is 0 Å². The van der Waals surface area contributed by atoms with Crippen molar-refractivity contribution >= 4 is 21.9 Å². The number of aromatic nitrogens is 1. The van der Waals surface area contributed by atoms with Crippen LogP contribution in [0.3, 0.4) is 0 Å². The van der Waals surface area contributed by atoms with Crippen LogP contribution in [-0.2, 0) is 11.2 Å². The molecular weight excluding hydrogens is 222 g/mol. The van der Waals surface area contributed by atoms with Crippen LogP contribution in [0.25, 0.3) is 0 Å². The van der Waals surface area contributed by atoms with E-state index in [4.69, 9.17) is 4.74 Å². The van der Waals surface area contributed by atoms with Crippen LogP contribution in [0.2, 0.25) is 0 Å². The average Bonchev–Trinajstić information content (AvgIpc) is 2.03. The normalized spacial score (nSPS) is 15.2. The molecule has 0 radical (unpaired) electrons. The second-order valence-electron chi connectivity index (χ2n) is 2.57. The third kappa shape index (κ3) is 1.34. The summed E-state index contributed by atoms with van der Waals surface area (Å²) >= 11 is 3.26. The van der Waals surface area contributed by atoms with Crippen molar-refractivity contribution in [3.8, 4) is 5.75 Å². The van der Waals surface area contributed by atoms with Crippen molar-refractivity contribution in [1.29, 1.82) is 0 Å². The first-order valence-corrected chi connectivity index (χ1v) is 4.40. The summed E-state index contributed by atoms with van der Waals surface area (Å²) in [6.45, 7) is 0. The predicted octanol–water partition coefficient (Wildman–Crippen LogP) is 1.70. The Balaban J connectivity index is 2.44. The van der Waals surface area contributed by atoms with Gasteiger partial charge in [0.05, 0.1) is 12.1 Å². The monoisotopic (exact) mass is 227 g/mol. The van der Waals surface area contributed by atoms with Gasteiger partial charge in [0.25, 0.3) is 0 Å². The van der Waals surface area contributed by atoms with Gasteiger partial charge < -0.3 is 4.74 Å². The van der Waals surface area contributed by atoms with E-state index in [1.807, 2.05) is 0 Å². The third-order valence-corrected chi connectivity index (χ3v) is 2.12. The third-order valence-electron chi connectivity index (χ3n) is 1.69. The van der Waals surface area contributed by atoms with Gasteiger partial charge in [0.15, 0.2) is 5.75 Å². The Morgan fingerprint density at radius 2 is 2.33 bits per heavy atom.